The molecule has 7 N–H and O–H groups in total. The molecular formula is C16H21ClN6O4S. The van der Waals surface area contributed by atoms with Crippen molar-refractivity contribution in [2.75, 3.05) is 11.0 Å². The Morgan fingerprint density at radius 3 is 2.68 bits per heavy atom. The van der Waals surface area contributed by atoms with Gasteiger partial charge < -0.3 is 16.6 Å². The smallest absolute Gasteiger partial charge is 0.321 e. The van der Waals surface area contributed by atoms with Gasteiger partial charge in [0.05, 0.1) is 16.8 Å². The standard InChI is InChI=1S/C16H21ClN6O4S/c17-23(16(19)20)14-9-21-8-10-7-11(4-5-12(10)14)28(26,27)22-13(15(24)25)3-1-2-6-18/h4-5,7-9,13,22H,1-3,6,18H2,(H3,19,20)(H,24,25)/t13-/m1/s1. The lowest BCUT2D eigenvalue weighted by molar-refractivity contribution is -0.139. The largest absolute Gasteiger partial charge is 0.480 e. The molecule has 0 aliphatic carbocycles. The van der Waals surface area contributed by atoms with E-state index in [2.05, 4.69) is 9.71 Å². The first-order valence-corrected chi connectivity index (χ1v) is 10.1. The Morgan fingerprint density at radius 2 is 2.07 bits per heavy atom. The number of hydrogen-bond donors (Lipinski definition) is 5. The number of carboxylic acids is 1. The van der Waals surface area contributed by atoms with Gasteiger partial charge in [-0.3, -0.25) is 15.2 Å². The third-order valence-electron chi connectivity index (χ3n) is 3.99. The van der Waals surface area contributed by atoms with Crippen LogP contribution in [0.5, 0.6) is 0 Å². The summed E-state index contributed by atoms with van der Waals surface area (Å²) in [5.74, 6) is -1.68. The summed E-state index contributed by atoms with van der Waals surface area (Å²) >= 11 is 5.95. The molecule has 1 aromatic carbocycles. The van der Waals surface area contributed by atoms with Gasteiger partial charge in [0.25, 0.3) is 0 Å². The molecule has 28 heavy (non-hydrogen) atoms. The number of halogens is 1. The van der Waals surface area contributed by atoms with E-state index in [1.807, 2.05) is 0 Å². The molecule has 1 heterocycles. The Morgan fingerprint density at radius 1 is 1.36 bits per heavy atom. The number of nitrogens with one attached hydrogen (secondary N) is 2. The zero-order valence-corrected chi connectivity index (χ0v) is 16.4. The number of sulfonamides is 1. The summed E-state index contributed by atoms with van der Waals surface area (Å²) in [7, 11) is -4.09. The van der Waals surface area contributed by atoms with Gasteiger partial charge in [-0.1, -0.05) is 12.5 Å². The first kappa shape index (κ1) is 21.8. The van der Waals surface area contributed by atoms with Crippen LogP contribution in [-0.4, -0.2) is 43.0 Å². The number of hydrogen-bond acceptors (Lipinski definition) is 6. The van der Waals surface area contributed by atoms with Crippen molar-refractivity contribution >= 4 is 50.2 Å². The van der Waals surface area contributed by atoms with Gasteiger partial charge in [0, 0.05) is 28.7 Å². The molecule has 152 valence electrons. The highest BCUT2D eigenvalue weighted by Gasteiger charge is 2.25. The van der Waals surface area contributed by atoms with Crippen LogP contribution in [0.2, 0.25) is 0 Å². The fourth-order valence-electron chi connectivity index (χ4n) is 2.57. The number of anilines is 1. The van der Waals surface area contributed by atoms with Crippen molar-refractivity contribution in [2.24, 2.45) is 11.5 Å². The van der Waals surface area contributed by atoms with Gasteiger partial charge >= 0.3 is 5.97 Å². The molecule has 0 bridgehead atoms. The first-order valence-electron chi connectivity index (χ1n) is 8.30. The first-order chi connectivity index (χ1) is 13.2. The number of aliphatic carboxylic acids is 1. The molecule has 0 aliphatic heterocycles. The maximum atomic E-state index is 12.6. The molecule has 1 atom stereocenters. The normalized spacial score (nSPS) is 12.6. The second kappa shape index (κ2) is 9.15. The number of nitrogens with zero attached hydrogens (tertiary/aromatic N) is 2. The lowest BCUT2D eigenvalue weighted by Crippen LogP contribution is -2.40. The molecule has 2 aromatic rings. The monoisotopic (exact) mass is 428 g/mol. The highest BCUT2D eigenvalue weighted by Crippen LogP contribution is 2.28. The number of aromatic nitrogens is 1. The van der Waals surface area contributed by atoms with Crippen molar-refractivity contribution in [3.63, 3.8) is 0 Å². The predicted molar refractivity (Wildman–Crippen MR) is 107 cm³/mol. The highest BCUT2D eigenvalue weighted by molar-refractivity contribution is 7.89. The zero-order valence-electron chi connectivity index (χ0n) is 14.8. The van der Waals surface area contributed by atoms with Gasteiger partial charge in [-0.2, -0.15) is 4.72 Å². The minimum Gasteiger partial charge on any atom is -0.480 e. The van der Waals surface area contributed by atoms with Crippen LogP contribution in [0, 0.1) is 5.41 Å². The number of fused-ring (bicyclic) bond motifs is 1. The van der Waals surface area contributed by atoms with E-state index in [4.69, 9.17) is 28.7 Å². The van der Waals surface area contributed by atoms with Crippen molar-refractivity contribution in [3.8, 4) is 0 Å². The number of pyridine rings is 1. The van der Waals surface area contributed by atoms with E-state index >= 15 is 0 Å². The van der Waals surface area contributed by atoms with Crippen molar-refractivity contribution in [1.29, 1.82) is 5.41 Å². The summed E-state index contributed by atoms with van der Waals surface area (Å²) in [5.41, 5.74) is 11.1. The molecule has 0 radical (unpaired) electrons. The second-order valence-electron chi connectivity index (χ2n) is 6.00. The number of unbranched alkanes of at least 4 members (excludes halogenated alkanes) is 1. The number of rotatable bonds is 9. The molecule has 0 spiro atoms. The van der Waals surface area contributed by atoms with Crippen LogP contribution < -0.4 is 20.6 Å². The van der Waals surface area contributed by atoms with Crippen LogP contribution in [0.15, 0.2) is 35.5 Å². The molecular weight excluding hydrogens is 408 g/mol. The van der Waals surface area contributed by atoms with E-state index in [-0.39, 0.29) is 11.3 Å². The Hall–Kier alpha value is -2.47. The summed E-state index contributed by atoms with van der Waals surface area (Å²) in [6, 6.07) is 2.90. The average Bonchev–Trinajstić information content (AvgIpc) is 2.65. The molecule has 2 rings (SSSR count). The molecule has 12 heteroatoms. The van der Waals surface area contributed by atoms with Crippen LogP contribution in [0.1, 0.15) is 19.3 Å². The third-order valence-corrected chi connectivity index (χ3v) is 5.82. The molecule has 1 aromatic heterocycles. The molecule has 0 aliphatic rings. The Bertz CT molecular complexity index is 984. The lowest BCUT2D eigenvalue weighted by Gasteiger charge is -2.17. The SMILES string of the molecule is N=C(N)N(Cl)c1cncc2cc(S(=O)(=O)N[C@H](CCCCN)C(=O)O)ccc12. The number of carbonyl (C=O) groups is 1. The minimum atomic E-state index is -4.09. The van der Waals surface area contributed by atoms with Gasteiger partial charge in [-0.15, -0.1) is 0 Å². The van der Waals surface area contributed by atoms with Crippen LogP contribution in [0.3, 0.4) is 0 Å². The van der Waals surface area contributed by atoms with E-state index in [1.165, 1.54) is 30.6 Å². The fraction of sp³-hybridized carbons (Fsp3) is 0.312. The summed E-state index contributed by atoms with van der Waals surface area (Å²) in [6.45, 7) is 0.400. The van der Waals surface area contributed by atoms with Crippen molar-refractivity contribution in [2.45, 2.75) is 30.2 Å². The van der Waals surface area contributed by atoms with Crippen molar-refractivity contribution < 1.29 is 18.3 Å². The molecule has 0 unspecified atom stereocenters. The maximum Gasteiger partial charge on any atom is 0.321 e. The topological polar surface area (TPSA) is 175 Å². The summed E-state index contributed by atoms with van der Waals surface area (Å²) in [6.07, 6.45) is 4.03. The number of nitrogens with two attached hydrogens (primary N) is 2. The molecule has 0 fully saturated rings. The van der Waals surface area contributed by atoms with E-state index in [0.29, 0.717) is 35.8 Å². The average molecular weight is 429 g/mol. The quantitative estimate of drug-likeness (QED) is 0.169. The van der Waals surface area contributed by atoms with Crippen LogP contribution in [-0.2, 0) is 14.8 Å². The van der Waals surface area contributed by atoms with Gasteiger partial charge in [-0.25, -0.2) is 12.8 Å². The fourth-order valence-corrected chi connectivity index (χ4v) is 3.97. The summed E-state index contributed by atoms with van der Waals surface area (Å²) in [4.78, 5) is 15.2. The highest BCUT2D eigenvalue weighted by atomic mass is 35.5. The van der Waals surface area contributed by atoms with Crippen LogP contribution in [0.4, 0.5) is 5.69 Å². The molecule has 0 saturated heterocycles. The Balaban J connectivity index is 2.35. The Labute approximate surface area is 167 Å². The number of carboxylic acid groups (broad SMARTS) is 1. The Kier molecular flexibility index (Phi) is 7.13. The number of benzene rings is 1. The maximum absolute atomic E-state index is 12.6. The second-order valence-corrected chi connectivity index (χ2v) is 8.06. The van der Waals surface area contributed by atoms with Gasteiger partial charge in [0.15, 0.2) is 0 Å². The number of guanidine groups is 1. The van der Waals surface area contributed by atoms with Gasteiger partial charge in [0.2, 0.25) is 16.0 Å². The minimum absolute atomic E-state index is 0.118. The van der Waals surface area contributed by atoms with Gasteiger partial charge in [0.1, 0.15) is 6.04 Å². The van der Waals surface area contributed by atoms with Crippen molar-refractivity contribution in [1.82, 2.24) is 9.71 Å². The van der Waals surface area contributed by atoms with E-state index in [1.54, 1.807) is 0 Å². The van der Waals surface area contributed by atoms with E-state index < -0.39 is 28.0 Å². The molecule has 0 amide bonds. The van der Waals surface area contributed by atoms with Crippen LogP contribution in [0.25, 0.3) is 10.8 Å². The molecule has 0 saturated carbocycles. The summed E-state index contributed by atoms with van der Waals surface area (Å²) < 4.78 is 28.4. The van der Waals surface area contributed by atoms with E-state index in [0.717, 1.165) is 4.42 Å². The summed E-state index contributed by atoms with van der Waals surface area (Å²) in [5, 5.41) is 17.7. The lowest BCUT2D eigenvalue weighted by atomic mass is 10.1. The van der Waals surface area contributed by atoms with Crippen LogP contribution >= 0.6 is 11.8 Å². The van der Waals surface area contributed by atoms with E-state index in [9.17, 15) is 18.3 Å². The van der Waals surface area contributed by atoms with Crippen molar-refractivity contribution in [3.05, 3.63) is 30.6 Å². The zero-order chi connectivity index (χ0) is 20.9. The predicted octanol–water partition coefficient (Wildman–Crippen LogP) is 0.949. The third kappa shape index (κ3) is 5.07. The van der Waals surface area contributed by atoms with Gasteiger partial charge in [-0.05, 0) is 31.5 Å². The molecule has 10 nitrogen and oxygen atoms in total.